The van der Waals surface area contributed by atoms with Crippen molar-refractivity contribution in [2.24, 2.45) is 11.8 Å². The van der Waals surface area contributed by atoms with Gasteiger partial charge in [0.2, 0.25) is 0 Å². The third-order valence-electron chi connectivity index (χ3n) is 9.83. The Bertz CT molecular complexity index is 751. The molecule has 0 aromatic rings. The smallest absolute Gasteiger partial charge is 0.306 e. The van der Waals surface area contributed by atoms with E-state index in [-0.39, 0.29) is 31.1 Å². The molecule has 0 aliphatic heterocycles. The summed E-state index contributed by atoms with van der Waals surface area (Å²) in [5.41, 5.74) is 0. The number of rotatable bonds is 37. The Morgan fingerprint density at radius 3 is 1.16 bits per heavy atom. The molecule has 0 spiro atoms. The molecule has 290 valence electrons. The van der Waals surface area contributed by atoms with Crippen LogP contribution >= 0.6 is 0 Å². The minimum absolute atomic E-state index is 0.0665. The Hall–Kier alpha value is -1.59. The van der Waals surface area contributed by atoms with Gasteiger partial charge in [-0.05, 0) is 31.1 Å². The average molecular weight is 695 g/mol. The van der Waals surface area contributed by atoms with Gasteiger partial charge in [0.1, 0.15) is 13.2 Å². The van der Waals surface area contributed by atoms with Crippen molar-refractivity contribution in [3.63, 3.8) is 0 Å². The number of carbonyl (C=O) groups is 3. The van der Waals surface area contributed by atoms with Crippen molar-refractivity contribution in [1.82, 2.24) is 0 Å². The molecule has 0 N–H and O–H groups in total. The fraction of sp³-hybridized carbons (Fsp3) is 0.930. The molecule has 0 rings (SSSR count). The second kappa shape index (κ2) is 36.2. The number of esters is 3. The molecule has 0 saturated carbocycles. The van der Waals surface area contributed by atoms with E-state index < -0.39 is 6.10 Å². The third-order valence-corrected chi connectivity index (χ3v) is 9.83. The van der Waals surface area contributed by atoms with Gasteiger partial charge >= 0.3 is 17.9 Å². The predicted octanol–water partition coefficient (Wildman–Crippen LogP) is 13.0. The molecule has 0 aliphatic carbocycles. The molecule has 0 aliphatic rings. The maximum Gasteiger partial charge on any atom is 0.306 e. The zero-order chi connectivity index (χ0) is 36.2. The molecule has 2 atom stereocenters. The van der Waals surface area contributed by atoms with Crippen molar-refractivity contribution in [3.8, 4) is 0 Å². The first kappa shape index (κ1) is 47.4. The lowest BCUT2D eigenvalue weighted by molar-refractivity contribution is -0.167. The maximum absolute atomic E-state index is 12.6. The molecule has 0 aromatic carbocycles. The molecule has 6 heteroatoms. The molecule has 0 bridgehead atoms. The van der Waals surface area contributed by atoms with E-state index >= 15 is 0 Å². The van der Waals surface area contributed by atoms with Gasteiger partial charge in [-0.3, -0.25) is 14.4 Å². The summed E-state index contributed by atoms with van der Waals surface area (Å²) >= 11 is 0. The van der Waals surface area contributed by atoms with Gasteiger partial charge in [0.15, 0.2) is 6.10 Å². The van der Waals surface area contributed by atoms with Crippen LogP contribution in [0, 0.1) is 11.8 Å². The minimum Gasteiger partial charge on any atom is -0.462 e. The first-order valence-electron chi connectivity index (χ1n) is 21.3. The van der Waals surface area contributed by atoms with Gasteiger partial charge in [-0.2, -0.15) is 0 Å². The zero-order valence-electron chi connectivity index (χ0n) is 33.3. The highest BCUT2D eigenvalue weighted by atomic mass is 16.6. The SMILES string of the molecule is CCCCCCCCCCCC(=O)OC[C@H](COC(=O)CCCCCCCCCCC(C)CC)OC(=O)CCCCCCCCCC(C)C. The van der Waals surface area contributed by atoms with Crippen LogP contribution in [0.1, 0.15) is 227 Å². The van der Waals surface area contributed by atoms with Crippen LogP contribution in [0.15, 0.2) is 0 Å². The van der Waals surface area contributed by atoms with Crippen LogP contribution in [0.5, 0.6) is 0 Å². The van der Waals surface area contributed by atoms with Crippen LogP contribution in [0.3, 0.4) is 0 Å². The minimum atomic E-state index is -0.759. The van der Waals surface area contributed by atoms with Crippen LogP contribution in [-0.4, -0.2) is 37.2 Å². The number of unbranched alkanes of at least 4 members (excludes halogenated alkanes) is 21. The Kier molecular flexibility index (Phi) is 35.0. The summed E-state index contributed by atoms with van der Waals surface area (Å²) in [6.45, 7) is 11.3. The topological polar surface area (TPSA) is 78.9 Å². The highest BCUT2D eigenvalue weighted by Crippen LogP contribution is 2.16. The fourth-order valence-electron chi connectivity index (χ4n) is 6.19. The highest BCUT2D eigenvalue weighted by molar-refractivity contribution is 5.71. The Morgan fingerprint density at radius 2 is 0.776 bits per heavy atom. The van der Waals surface area contributed by atoms with E-state index in [0.29, 0.717) is 19.3 Å². The molecule has 0 saturated heterocycles. The van der Waals surface area contributed by atoms with Gasteiger partial charge < -0.3 is 14.2 Å². The lowest BCUT2D eigenvalue weighted by Gasteiger charge is -2.18. The first-order chi connectivity index (χ1) is 23.8. The first-order valence-corrected chi connectivity index (χ1v) is 21.3. The summed E-state index contributed by atoms with van der Waals surface area (Å²) in [4.78, 5) is 37.5. The Morgan fingerprint density at radius 1 is 0.429 bits per heavy atom. The van der Waals surface area contributed by atoms with E-state index in [4.69, 9.17) is 14.2 Å². The van der Waals surface area contributed by atoms with Crippen molar-refractivity contribution in [3.05, 3.63) is 0 Å². The lowest BCUT2D eigenvalue weighted by Crippen LogP contribution is -2.30. The van der Waals surface area contributed by atoms with Crippen LogP contribution in [0.4, 0.5) is 0 Å². The summed E-state index contributed by atoms with van der Waals surface area (Å²) in [7, 11) is 0. The van der Waals surface area contributed by atoms with E-state index in [0.717, 1.165) is 69.6 Å². The standard InChI is InChI=1S/C43H82O6/c1-6-8-9-10-11-12-18-23-28-33-41(44)47-36-40(49-43(46)35-30-25-20-15-16-21-26-31-38(3)4)37-48-42(45)34-29-24-19-14-13-17-22-27-32-39(5)7-2/h38-40H,6-37H2,1-5H3/t39?,40-/m1/s1. The zero-order valence-corrected chi connectivity index (χ0v) is 33.3. The van der Waals surface area contributed by atoms with E-state index in [9.17, 15) is 14.4 Å². The van der Waals surface area contributed by atoms with E-state index in [1.807, 2.05) is 0 Å². The molecule has 49 heavy (non-hydrogen) atoms. The number of hydrogen-bond acceptors (Lipinski definition) is 6. The van der Waals surface area contributed by atoms with Crippen molar-refractivity contribution in [1.29, 1.82) is 0 Å². The molecular weight excluding hydrogens is 612 g/mol. The van der Waals surface area contributed by atoms with Crippen molar-refractivity contribution in [2.75, 3.05) is 13.2 Å². The largest absolute Gasteiger partial charge is 0.462 e. The maximum atomic E-state index is 12.6. The molecule has 1 unspecified atom stereocenters. The quantitative estimate of drug-likeness (QED) is 0.0366. The number of ether oxygens (including phenoxy) is 3. The molecule has 0 heterocycles. The van der Waals surface area contributed by atoms with Crippen LogP contribution in [-0.2, 0) is 28.6 Å². The second-order valence-electron chi connectivity index (χ2n) is 15.3. The van der Waals surface area contributed by atoms with E-state index in [1.54, 1.807) is 0 Å². The van der Waals surface area contributed by atoms with Gasteiger partial charge in [-0.1, -0.05) is 189 Å². The van der Waals surface area contributed by atoms with Crippen molar-refractivity contribution < 1.29 is 28.6 Å². The average Bonchev–Trinajstić information content (AvgIpc) is 3.08. The molecule has 0 radical (unpaired) electrons. The summed E-state index contributed by atoms with van der Waals surface area (Å²) in [5, 5.41) is 0. The highest BCUT2D eigenvalue weighted by Gasteiger charge is 2.19. The fourth-order valence-corrected chi connectivity index (χ4v) is 6.19. The molecule has 0 fully saturated rings. The van der Waals surface area contributed by atoms with Gasteiger partial charge in [-0.25, -0.2) is 0 Å². The van der Waals surface area contributed by atoms with Gasteiger partial charge in [-0.15, -0.1) is 0 Å². The monoisotopic (exact) mass is 695 g/mol. The summed E-state index contributed by atoms with van der Waals surface area (Å²) in [6.07, 6.45) is 32.3. The van der Waals surface area contributed by atoms with Crippen LogP contribution in [0.25, 0.3) is 0 Å². The van der Waals surface area contributed by atoms with Crippen molar-refractivity contribution in [2.45, 2.75) is 233 Å². The van der Waals surface area contributed by atoms with E-state index in [2.05, 4.69) is 34.6 Å². The van der Waals surface area contributed by atoms with Crippen LogP contribution in [0.2, 0.25) is 0 Å². The lowest BCUT2D eigenvalue weighted by atomic mass is 9.99. The van der Waals surface area contributed by atoms with Gasteiger partial charge in [0.05, 0.1) is 0 Å². The van der Waals surface area contributed by atoms with Crippen LogP contribution < -0.4 is 0 Å². The number of hydrogen-bond donors (Lipinski definition) is 0. The molecule has 0 amide bonds. The molecule has 6 nitrogen and oxygen atoms in total. The summed E-state index contributed by atoms with van der Waals surface area (Å²) in [5.74, 6) is 0.758. The normalized spacial score (nSPS) is 12.6. The predicted molar refractivity (Wildman–Crippen MR) is 206 cm³/mol. The molecule has 0 aromatic heterocycles. The second-order valence-corrected chi connectivity index (χ2v) is 15.3. The third kappa shape index (κ3) is 36.0. The summed E-state index contributed by atoms with van der Waals surface area (Å²) < 4.78 is 16.6. The van der Waals surface area contributed by atoms with Gasteiger partial charge in [0.25, 0.3) is 0 Å². The Labute approximate surface area is 304 Å². The molecular formula is C43H82O6. The van der Waals surface area contributed by atoms with Gasteiger partial charge in [0, 0.05) is 19.3 Å². The number of carbonyl (C=O) groups excluding carboxylic acids is 3. The Balaban J connectivity index is 4.35. The van der Waals surface area contributed by atoms with E-state index in [1.165, 1.54) is 116 Å². The van der Waals surface area contributed by atoms with Crippen molar-refractivity contribution >= 4 is 17.9 Å². The summed E-state index contributed by atoms with van der Waals surface area (Å²) in [6, 6.07) is 0.